The number of carbonyl (C=O) groups is 2. The van der Waals surface area contributed by atoms with Gasteiger partial charge in [0.15, 0.2) is 5.11 Å². The smallest absolute Gasteiger partial charge is 0.338 e. The molecule has 2 N–H and O–H groups in total. The minimum atomic E-state index is -0.461. The van der Waals surface area contributed by atoms with Gasteiger partial charge in [-0.25, -0.2) is 4.79 Å². The zero-order valence-electron chi connectivity index (χ0n) is 21.6. The van der Waals surface area contributed by atoms with E-state index in [2.05, 4.69) is 15.6 Å². The largest absolute Gasteiger partial charge is 0.465 e. The Kier molecular flexibility index (Phi) is 8.11. The van der Waals surface area contributed by atoms with E-state index in [-0.39, 0.29) is 18.6 Å². The molecule has 0 radical (unpaired) electrons. The van der Waals surface area contributed by atoms with Crippen molar-refractivity contribution in [2.24, 2.45) is 0 Å². The number of ether oxygens (including phenoxy) is 2. The molecule has 1 saturated heterocycles. The van der Waals surface area contributed by atoms with Crippen LogP contribution in [0.3, 0.4) is 0 Å². The first-order valence-electron chi connectivity index (χ1n) is 12.3. The summed E-state index contributed by atoms with van der Waals surface area (Å²) in [5, 5.41) is 6.87. The van der Waals surface area contributed by atoms with Crippen molar-refractivity contribution in [3.8, 4) is 11.3 Å². The topological polar surface area (TPSA) is 106 Å². The maximum Gasteiger partial charge on any atom is 0.338 e. The van der Waals surface area contributed by atoms with Crippen LogP contribution in [0.2, 0.25) is 5.02 Å². The fourth-order valence-corrected chi connectivity index (χ4v) is 5.20. The van der Waals surface area contributed by atoms with Gasteiger partial charge < -0.3 is 29.4 Å². The summed E-state index contributed by atoms with van der Waals surface area (Å²) in [5.74, 6) is 0.311. The molecule has 2 aromatic heterocycles. The molecule has 1 aliphatic rings. The molecule has 204 valence electrons. The first kappa shape index (κ1) is 27.3. The number of nitrogens with zero attached hydrogens (tertiary/aromatic N) is 2. The molecule has 1 fully saturated rings. The number of amides is 1. The summed E-state index contributed by atoms with van der Waals surface area (Å²) < 4.78 is 16.2. The van der Waals surface area contributed by atoms with Crippen molar-refractivity contribution in [3.63, 3.8) is 0 Å². The summed E-state index contributed by atoms with van der Waals surface area (Å²) in [6.45, 7) is -0.0913. The van der Waals surface area contributed by atoms with E-state index in [4.69, 9.17) is 37.7 Å². The lowest BCUT2D eigenvalue weighted by atomic mass is 10.0. The average molecular weight is 577 g/mol. The Morgan fingerprint density at radius 1 is 1.10 bits per heavy atom. The molecule has 0 bridgehead atoms. The van der Waals surface area contributed by atoms with E-state index in [9.17, 15) is 9.59 Å². The summed E-state index contributed by atoms with van der Waals surface area (Å²) >= 11 is 12.3. The zero-order valence-corrected chi connectivity index (χ0v) is 23.2. The number of aromatic nitrogens is 1. The number of rotatable bonds is 8. The summed E-state index contributed by atoms with van der Waals surface area (Å²) in [5.41, 5.74) is 2.89. The molecular weight excluding hydrogens is 552 g/mol. The number of thiocarbonyl (C=S) groups is 1. The highest BCUT2D eigenvalue weighted by atomic mass is 35.5. The van der Waals surface area contributed by atoms with Crippen LogP contribution in [0.1, 0.15) is 33.9 Å². The molecule has 9 nitrogen and oxygen atoms in total. The van der Waals surface area contributed by atoms with Crippen LogP contribution in [0.4, 0.5) is 11.4 Å². The third-order valence-corrected chi connectivity index (χ3v) is 7.02. The second-order valence-corrected chi connectivity index (χ2v) is 9.68. The van der Waals surface area contributed by atoms with Crippen molar-refractivity contribution in [3.05, 3.63) is 101 Å². The number of carbonyl (C=O) groups excluding carboxylic acids is 2. The highest BCUT2D eigenvalue weighted by Crippen LogP contribution is 2.44. The zero-order chi connectivity index (χ0) is 28.2. The predicted octanol–water partition coefficient (Wildman–Crippen LogP) is 5.54. The molecule has 40 heavy (non-hydrogen) atoms. The third-order valence-electron chi connectivity index (χ3n) is 6.39. The Morgan fingerprint density at radius 3 is 2.62 bits per heavy atom. The molecule has 5 rings (SSSR count). The molecule has 1 amide bonds. The number of benzene rings is 2. The molecule has 0 saturated carbocycles. The van der Waals surface area contributed by atoms with Crippen LogP contribution >= 0.6 is 23.8 Å². The molecule has 2 aromatic carbocycles. The number of furan rings is 1. The summed E-state index contributed by atoms with van der Waals surface area (Å²) in [7, 11) is 2.78. The monoisotopic (exact) mass is 576 g/mol. The maximum atomic E-state index is 12.4. The van der Waals surface area contributed by atoms with E-state index >= 15 is 0 Å². The lowest BCUT2D eigenvalue weighted by Crippen LogP contribution is -2.29. The van der Waals surface area contributed by atoms with Crippen LogP contribution < -0.4 is 15.5 Å². The van der Waals surface area contributed by atoms with Gasteiger partial charge >= 0.3 is 5.97 Å². The van der Waals surface area contributed by atoms with Crippen LogP contribution in [-0.2, 0) is 14.3 Å². The lowest BCUT2D eigenvalue weighted by molar-refractivity contribution is -0.119. The maximum absolute atomic E-state index is 12.4. The van der Waals surface area contributed by atoms with Crippen LogP contribution in [-0.4, -0.2) is 42.8 Å². The van der Waals surface area contributed by atoms with E-state index < -0.39 is 12.0 Å². The first-order chi connectivity index (χ1) is 19.4. The van der Waals surface area contributed by atoms with Gasteiger partial charge in [-0.05, 0) is 60.7 Å². The molecule has 3 heterocycles. The Hall–Kier alpha value is -4.25. The lowest BCUT2D eigenvalue weighted by Gasteiger charge is -2.26. The fraction of sp³-hybridized carbons (Fsp3) is 0.172. The van der Waals surface area contributed by atoms with E-state index in [1.165, 1.54) is 14.2 Å². The minimum Gasteiger partial charge on any atom is -0.465 e. The fourth-order valence-electron chi connectivity index (χ4n) is 4.64. The van der Waals surface area contributed by atoms with Gasteiger partial charge in [0.2, 0.25) is 5.91 Å². The number of pyridine rings is 1. The van der Waals surface area contributed by atoms with Gasteiger partial charge in [-0.1, -0.05) is 35.9 Å². The number of anilines is 2. The third kappa shape index (κ3) is 5.42. The Labute approximate surface area is 241 Å². The average Bonchev–Trinajstić information content (AvgIpc) is 3.59. The quantitative estimate of drug-likeness (QED) is 0.206. The number of nitrogens with one attached hydrogen (secondary N) is 2. The normalized spacial score (nSPS) is 16.5. The molecule has 0 aliphatic carbocycles. The molecule has 4 aromatic rings. The van der Waals surface area contributed by atoms with Crippen molar-refractivity contribution < 1.29 is 23.5 Å². The van der Waals surface area contributed by atoms with Crippen molar-refractivity contribution >= 4 is 52.2 Å². The van der Waals surface area contributed by atoms with Gasteiger partial charge in [-0.15, -0.1) is 0 Å². The van der Waals surface area contributed by atoms with Crippen molar-refractivity contribution in [1.82, 2.24) is 10.3 Å². The SMILES string of the molecule is COCC(=O)Nc1ccc(N2C(=S)N[C@H](c3ccccn3)[C@H]2c2ccc(-c3ccccc3C(=O)OC)o2)cc1Cl. The van der Waals surface area contributed by atoms with Gasteiger partial charge in [0.05, 0.1) is 35.1 Å². The van der Waals surface area contributed by atoms with Crippen LogP contribution in [0.25, 0.3) is 11.3 Å². The summed E-state index contributed by atoms with van der Waals surface area (Å²) in [4.78, 5) is 30.9. The van der Waals surface area contributed by atoms with Crippen molar-refractivity contribution in [1.29, 1.82) is 0 Å². The van der Waals surface area contributed by atoms with E-state index in [1.54, 1.807) is 36.5 Å². The van der Waals surface area contributed by atoms with Crippen LogP contribution in [0.15, 0.2) is 83.4 Å². The van der Waals surface area contributed by atoms with Crippen molar-refractivity contribution in [2.45, 2.75) is 12.1 Å². The highest BCUT2D eigenvalue weighted by molar-refractivity contribution is 7.80. The van der Waals surface area contributed by atoms with Gasteiger partial charge in [0.25, 0.3) is 0 Å². The Balaban J connectivity index is 1.56. The standard InChI is InChI=1S/C29H25ClN4O5S/c1-37-16-25(35)32-21-11-10-17(15-20(21)30)34-27(26(33-29(34)40)22-9-5-6-14-31-22)24-13-12-23(39-24)18-7-3-4-8-19(18)28(36)38-2/h3-15,26-27H,16H2,1-2H3,(H,32,35)(H,33,40)/t26-,27-/m1/s1. The highest BCUT2D eigenvalue weighted by Gasteiger charge is 2.43. The van der Waals surface area contributed by atoms with E-state index in [0.29, 0.717) is 44.2 Å². The second kappa shape index (κ2) is 11.9. The molecule has 11 heteroatoms. The van der Waals surface area contributed by atoms with Crippen LogP contribution in [0, 0.1) is 0 Å². The predicted molar refractivity (Wildman–Crippen MR) is 155 cm³/mol. The number of methoxy groups -OCH3 is 2. The summed E-state index contributed by atoms with van der Waals surface area (Å²) in [6.07, 6.45) is 1.72. The number of hydrogen-bond acceptors (Lipinski definition) is 7. The first-order valence-corrected chi connectivity index (χ1v) is 13.1. The molecule has 0 spiro atoms. The molecule has 0 unspecified atom stereocenters. The van der Waals surface area contributed by atoms with Gasteiger partial charge in [-0.3, -0.25) is 9.78 Å². The minimum absolute atomic E-state index is 0.0913. The van der Waals surface area contributed by atoms with E-state index in [0.717, 1.165) is 5.69 Å². The number of esters is 1. The molecule has 1 aliphatic heterocycles. The number of halogens is 1. The van der Waals surface area contributed by atoms with E-state index in [1.807, 2.05) is 47.4 Å². The van der Waals surface area contributed by atoms with Crippen molar-refractivity contribution in [2.75, 3.05) is 31.0 Å². The second-order valence-electron chi connectivity index (χ2n) is 8.88. The van der Waals surface area contributed by atoms with Gasteiger partial charge in [0, 0.05) is 24.6 Å². The van der Waals surface area contributed by atoms with Crippen LogP contribution in [0.5, 0.6) is 0 Å². The molecule has 2 atom stereocenters. The Bertz CT molecular complexity index is 1560. The number of hydrogen-bond donors (Lipinski definition) is 2. The van der Waals surface area contributed by atoms with Gasteiger partial charge in [0.1, 0.15) is 24.2 Å². The molecular formula is C29H25ClN4O5S. The van der Waals surface area contributed by atoms with Gasteiger partial charge in [-0.2, -0.15) is 0 Å². The Morgan fingerprint density at radius 2 is 1.90 bits per heavy atom. The summed E-state index contributed by atoms with van der Waals surface area (Å²) in [6, 6.07) is 20.8.